The van der Waals surface area contributed by atoms with Crippen molar-refractivity contribution < 1.29 is 4.39 Å². The van der Waals surface area contributed by atoms with Crippen molar-refractivity contribution in [2.45, 2.75) is 6.92 Å². The quantitative estimate of drug-likeness (QED) is 0.751. The Morgan fingerprint density at radius 1 is 1.20 bits per heavy atom. The van der Waals surface area contributed by atoms with Crippen LogP contribution in [0.4, 0.5) is 10.3 Å². The molecule has 0 amide bonds. The van der Waals surface area contributed by atoms with Crippen LogP contribution in [0.5, 0.6) is 0 Å². The first kappa shape index (κ1) is 12.2. The van der Waals surface area contributed by atoms with E-state index in [2.05, 4.69) is 25.0 Å². The third-order valence-electron chi connectivity index (χ3n) is 2.63. The number of aromatic nitrogens is 6. The molecular formula is C12H10FN7. The van der Waals surface area contributed by atoms with Crippen LogP contribution in [0.15, 0.2) is 30.9 Å². The van der Waals surface area contributed by atoms with Gasteiger partial charge < -0.3 is 5.73 Å². The van der Waals surface area contributed by atoms with Crippen molar-refractivity contribution in [3.05, 3.63) is 42.2 Å². The van der Waals surface area contributed by atoms with Gasteiger partial charge in [0, 0.05) is 0 Å². The molecule has 0 saturated heterocycles. The molecule has 2 heterocycles. The van der Waals surface area contributed by atoms with Crippen molar-refractivity contribution in [3.63, 3.8) is 0 Å². The van der Waals surface area contributed by atoms with E-state index in [4.69, 9.17) is 5.73 Å². The number of hydrogen-bond donors (Lipinski definition) is 1. The lowest BCUT2D eigenvalue weighted by atomic mass is 10.1. The van der Waals surface area contributed by atoms with Crippen LogP contribution in [0, 0.1) is 12.7 Å². The SMILES string of the molecule is Cc1ccc(F)c(-c2nc(N)nc(-n3cncn3)n2)c1. The van der Waals surface area contributed by atoms with Gasteiger partial charge in [0.25, 0.3) is 5.95 Å². The highest BCUT2D eigenvalue weighted by Crippen LogP contribution is 2.21. The average Bonchev–Trinajstić information content (AvgIpc) is 2.95. The van der Waals surface area contributed by atoms with Crippen LogP contribution >= 0.6 is 0 Å². The zero-order chi connectivity index (χ0) is 14.1. The summed E-state index contributed by atoms with van der Waals surface area (Å²) in [6.45, 7) is 1.85. The third kappa shape index (κ3) is 2.18. The number of aryl methyl sites for hydroxylation is 1. The van der Waals surface area contributed by atoms with Crippen LogP contribution in [0.3, 0.4) is 0 Å². The van der Waals surface area contributed by atoms with Crippen molar-refractivity contribution in [2.75, 3.05) is 5.73 Å². The summed E-state index contributed by atoms with van der Waals surface area (Å²) >= 11 is 0. The number of halogens is 1. The molecule has 0 unspecified atom stereocenters. The first-order valence-corrected chi connectivity index (χ1v) is 5.76. The van der Waals surface area contributed by atoms with Crippen LogP contribution in [0.1, 0.15) is 5.56 Å². The fourth-order valence-corrected chi connectivity index (χ4v) is 1.73. The first-order valence-electron chi connectivity index (χ1n) is 5.76. The lowest BCUT2D eigenvalue weighted by Gasteiger charge is -2.06. The van der Waals surface area contributed by atoms with Gasteiger partial charge >= 0.3 is 0 Å². The van der Waals surface area contributed by atoms with Gasteiger partial charge in [-0.3, -0.25) is 0 Å². The lowest BCUT2D eigenvalue weighted by molar-refractivity contribution is 0.629. The summed E-state index contributed by atoms with van der Waals surface area (Å²) in [5, 5.41) is 3.91. The smallest absolute Gasteiger partial charge is 0.257 e. The minimum atomic E-state index is -0.425. The molecule has 0 aliphatic heterocycles. The van der Waals surface area contributed by atoms with E-state index in [1.165, 1.54) is 23.4 Å². The molecule has 0 aliphatic carbocycles. The summed E-state index contributed by atoms with van der Waals surface area (Å²) < 4.78 is 15.2. The van der Waals surface area contributed by atoms with E-state index in [1.54, 1.807) is 12.1 Å². The van der Waals surface area contributed by atoms with Gasteiger partial charge in [-0.15, -0.1) is 0 Å². The van der Waals surface area contributed by atoms with Crippen molar-refractivity contribution in [3.8, 4) is 17.3 Å². The molecule has 0 bridgehead atoms. The van der Waals surface area contributed by atoms with Crippen LogP contribution in [0.2, 0.25) is 0 Å². The standard InChI is InChI=1S/C12H10FN7/c1-7-2-3-9(13)8(4-7)10-17-11(14)19-12(18-10)20-6-15-5-16-20/h2-6H,1H3,(H2,14,17,18,19). The van der Waals surface area contributed by atoms with Crippen LogP contribution < -0.4 is 5.73 Å². The monoisotopic (exact) mass is 271 g/mol. The largest absolute Gasteiger partial charge is 0.368 e. The fourth-order valence-electron chi connectivity index (χ4n) is 1.73. The zero-order valence-corrected chi connectivity index (χ0v) is 10.5. The van der Waals surface area contributed by atoms with E-state index in [-0.39, 0.29) is 23.3 Å². The number of benzene rings is 1. The van der Waals surface area contributed by atoms with Crippen LogP contribution in [-0.4, -0.2) is 29.7 Å². The molecule has 1 aromatic carbocycles. The van der Waals surface area contributed by atoms with Crippen molar-refractivity contribution in [1.29, 1.82) is 0 Å². The van der Waals surface area contributed by atoms with Gasteiger partial charge in [0.05, 0.1) is 5.56 Å². The molecule has 0 atom stereocenters. The normalized spacial score (nSPS) is 10.7. The Hall–Kier alpha value is -2.90. The van der Waals surface area contributed by atoms with Crippen molar-refractivity contribution in [1.82, 2.24) is 29.7 Å². The van der Waals surface area contributed by atoms with Gasteiger partial charge in [-0.2, -0.15) is 24.7 Å². The molecule has 20 heavy (non-hydrogen) atoms. The summed E-state index contributed by atoms with van der Waals surface area (Å²) in [6, 6.07) is 4.68. The zero-order valence-electron chi connectivity index (χ0n) is 10.5. The molecule has 0 aliphatic rings. The highest BCUT2D eigenvalue weighted by molar-refractivity contribution is 5.58. The first-order chi connectivity index (χ1) is 9.63. The van der Waals surface area contributed by atoms with Gasteiger partial charge in [-0.1, -0.05) is 11.6 Å². The predicted octanol–water partition coefficient (Wildman–Crippen LogP) is 1.15. The molecule has 2 N–H and O–H groups in total. The predicted molar refractivity (Wildman–Crippen MR) is 69.3 cm³/mol. The average molecular weight is 271 g/mol. The molecule has 0 saturated carbocycles. The Kier molecular flexibility index (Phi) is 2.82. The molecule has 0 fully saturated rings. The van der Waals surface area contributed by atoms with Crippen molar-refractivity contribution >= 4 is 5.95 Å². The molecule has 0 radical (unpaired) electrons. The maximum absolute atomic E-state index is 13.9. The summed E-state index contributed by atoms with van der Waals surface area (Å²) in [5.74, 6) is -0.0951. The summed E-state index contributed by atoms with van der Waals surface area (Å²) in [4.78, 5) is 15.9. The fraction of sp³-hybridized carbons (Fsp3) is 0.0833. The topological polar surface area (TPSA) is 95.4 Å². The molecule has 2 aromatic heterocycles. The van der Waals surface area contributed by atoms with E-state index in [0.717, 1.165) is 5.56 Å². The van der Waals surface area contributed by atoms with Crippen molar-refractivity contribution in [2.24, 2.45) is 0 Å². The Labute approximate surface area is 113 Å². The van der Waals surface area contributed by atoms with E-state index in [9.17, 15) is 4.39 Å². The number of nitrogens with two attached hydrogens (primary N) is 1. The van der Waals surface area contributed by atoms with E-state index in [0.29, 0.717) is 0 Å². The highest BCUT2D eigenvalue weighted by atomic mass is 19.1. The third-order valence-corrected chi connectivity index (χ3v) is 2.63. The van der Waals surface area contributed by atoms with Crippen LogP contribution in [-0.2, 0) is 0 Å². The highest BCUT2D eigenvalue weighted by Gasteiger charge is 2.12. The van der Waals surface area contributed by atoms with Gasteiger partial charge in [0.1, 0.15) is 18.5 Å². The van der Waals surface area contributed by atoms with E-state index < -0.39 is 5.82 Å². The molecule has 3 aromatic rings. The molecule has 100 valence electrons. The molecule has 8 heteroatoms. The van der Waals surface area contributed by atoms with Gasteiger partial charge in [-0.25, -0.2) is 9.37 Å². The number of nitrogens with zero attached hydrogens (tertiary/aromatic N) is 6. The number of anilines is 1. The van der Waals surface area contributed by atoms with Gasteiger partial charge in [0.15, 0.2) is 5.82 Å². The summed E-state index contributed by atoms with van der Waals surface area (Å²) in [6.07, 6.45) is 2.76. The summed E-state index contributed by atoms with van der Waals surface area (Å²) in [5.41, 5.74) is 6.80. The molecule has 7 nitrogen and oxygen atoms in total. The second-order valence-corrected chi connectivity index (χ2v) is 4.14. The minimum absolute atomic E-state index is 0.0126. The number of hydrogen-bond acceptors (Lipinski definition) is 6. The Morgan fingerprint density at radius 3 is 2.80 bits per heavy atom. The van der Waals surface area contributed by atoms with Gasteiger partial charge in [0.2, 0.25) is 5.95 Å². The Morgan fingerprint density at radius 2 is 2.05 bits per heavy atom. The minimum Gasteiger partial charge on any atom is -0.368 e. The van der Waals surface area contributed by atoms with E-state index in [1.807, 2.05) is 6.92 Å². The van der Waals surface area contributed by atoms with Crippen LogP contribution in [0.25, 0.3) is 17.3 Å². The lowest BCUT2D eigenvalue weighted by Crippen LogP contribution is -2.08. The maximum Gasteiger partial charge on any atom is 0.257 e. The number of nitrogen functional groups attached to an aromatic ring is 1. The second-order valence-electron chi connectivity index (χ2n) is 4.14. The molecular weight excluding hydrogens is 261 g/mol. The summed E-state index contributed by atoms with van der Waals surface area (Å²) in [7, 11) is 0. The van der Waals surface area contributed by atoms with E-state index >= 15 is 0 Å². The molecule has 3 rings (SSSR count). The maximum atomic E-state index is 13.9. The Balaban J connectivity index is 2.17. The second kappa shape index (κ2) is 4.65. The molecule has 0 spiro atoms. The Bertz CT molecular complexity index is 755. The number of rotatable bonds is 2. The van der Waals surface area contributed by atoms with Gasteiger partial charge in [-0.05, 0) is 19.1 Å².